The van der Waals surface area contributed by atoms with Crippen molar-refractivity contribution in [2.75, 3.05) is 13.7 Å². The first-order chi connectivity index (χ1) is 7.65. The van der Waals surface area contributed by atoms with E-state index in [0.717, 1.165) is 30.3 Å². The lowest BCUT2D eigenvalue weighted by atomic mass is 9.91. The molecule has 16 heavy (non-hydrogen) atoms. The number of hydrogen-bond acceptors (Lipinski definition) is 3. The molecule has 1 heterocycles. The summed E-state index contributed by atoms with van der Waals surface area (Å²) in [5.74, 6) is 0. The highest BCUT2D eigenvalue weighted by molar-refractivity contribution is 9.10. The molecule has 0 fully saturated rings. The van der Waals surface area contributed by atoms with E-state index in [-0.39, 0.29) is 12.1 Å². The maximum Gasteiger partial charge on any atom is 0.0632 e. The highest BCUT2D eigenvalue weighted by atomic mass is 79.9. The second-order valence-electron chi connectivity index (χ2n) is 4.07. The lowest BCUT2D eigenvalue weighted by molar-refractivity contribution is 0.150. The van der Waals surface area contributed by atoms with Gasteiger partial charge in [-0.15, -0.1) is 0 Å². The van der Waals surface area contributed by atoms with Gasteiger partial charge in [-0.25, -0.2) is 0 Å². The molecule has 0 saturated carbocycles. The Morgan fingerprint density at radius 1 is 1.62 bits per heavy atom. The Hall–Kier alpha value is -0.390. The fourth-order valence-electron chi connectivity index (χ4n) is 1.79. The third kappa shape index (κ3) is 3.57. The number of rotatable bonds is 7. The summed E-state index contributed by atoms with van der Waals surface area (Å²) in [6, 6.07) is 0. The number of aryl methyl sites for hydroxylation is 1. The van der Waals surface area contributed by atoms with Gasteiger partial charge in [0.2, 0.25) is 0 Å². The van der Waals surface area contributed by atoms with Crippen LogP contribution in [0.5, 0.6) is 0 Å². The minimum absolute atomic E-state index is 0.135. The van der Waals surface area contributed by atoms with E-state index in [4.69, 9.17) is 0 Å². The largest absolute Gasteiger partial charge is 0.394 e. The molecule has 1 unspecified atom stereocenters. The smallest absolute Gasteiger partial charge is 0.0632 e. The van der Waals surface area contributed by atoms with Crippen LogP contribution in [0.15, 0.2) is 16.9 Å². The van der Waals surface area contributed by atoms with Crippen LogP contribution in [0.25, 0.3) is 0 Å². The molecule has 0 radical (unpaired) electrons. The van der Waals surface area contributed by atoms with Gasteiger partial charge in [0.1, 0.15) is 0 Å². The number of nitrogens with one attached hydrogen (secondary N) is 1. The number of halogens is 1. The molecule has 0 aromatic carbocycles. The molecule has 1 aromatic heterocycles. The summed E-state index contributed by atoms with van der Waals surface area (Å²) in [6.45, 7) is 3.16. The summed E-state index contributed by atoms with van der Waals surface area (Å²) in [4.78, 5) is 0. The molecular formula is C11H20BrN3O. The van der Waals surface area contributed by atoms with Gasteiger partial charge in [-0.2, -0.15) is 5.10 Å². The molecule has 2 N–H and O–H groups in total. The van der Waals surface area contributed by atoms with Crippen molar-refractivity contribution in [3.8, 4) is 0 Å². The highest BCUT2D eigenvalue weighted by Gasteiger charge is 2.24. The average molecular weight is 290 g/mol. The van der Waals surface area contributed by atoms with Gasteiger partial charge in [-0.1, -0.05) is 6.92 Å². The van der Waals surface area contributed by atoms with Gasteiger partial charge in [0, 0.05) is 18.3 Å². The standard InChI is InChI=1S/C11H20BrN3O/c1-3-11(9-16,13-2)5-4-6-15-8-10(12)7-14-15/h7-8,13,16H,3-6,9H2,1-2H3. The zero-order valence-electron chi connectivity index (χ0n) is 9.91. The SMILES string of the molecule is CCC(CO)(CCCn1cc(Br)cn1)NC. The topological polar surface area (TPSA) is 50.1 Å². The quantitative estimate of drug-likeness (QED) is 0.805. The Labute approximate surface area is 105 Å². The molecule has 0 amide bonds. The lowest BCUT2D eigenvalue weighted by Gasteiger charge is -2.30. The summed E-state index contributed by atoms with van der Waals surface area (Å²) in [6.07, 6.45) is 6.64. The predicted molar refractivity (Wildman–Crippen MR) is 68.3 cm³/mol. The number of aliphatic hydroxyl groups is 1. The monoisotopic (exact) mass is 289 g/mol. The molecule has 0 saturated heterocycles. The van der Waals surface area contributed by atoms with Gasteiger partial charge in [-0.05, 0) is 42.2 Å². The van der Waals surface area contributed by atoms with Crippen LogP contribution in [0.1, 0.15) is 26.2 Å². The maximum absolute atomic E-state index is 9.39. The Morgan fingerprint density at radius 3 is 2.81 bits per heavy atom. The molecule has 1 rings (SSSR count). The molecule has 1 atom stereocenters. The van der Waals surface area contributed by atoms with Gasteiger partial charge < -0.3 is 10.4 Å². The predicted octanol–water partition coefficient (Wildman–Crippen LogP) is 1.79. The first-order valence-corrected chi connectivity index (χ1v) is 6.43. The molecule has 1 aromatic rings. The van der Waals surface area contributed by atoms with Crippen LogP contribution in [-0.4, -0.2) is 34.1 Å². The summed E-state index contributed by atoms with van der Waals surface area (Å²) in [5.41, 5.74) is -0.135. The number of likely N-dealkylation sites (N-methyl/N-ethyl adjacent to an activating group) is 1. The van der Waals surface area contributed by atoms with E-state index in [9.17, 15) is 5.11 Å². The van der Waals surface area contributed by atoms with E-state index in [1.165, 1.54) is 0 Å². The Bertz CT molecular complexity index is 302. The van der Waals surface area contributed by atoms with E-state index >= 15 is 0 Å². The number of hydrogen-bond donors (Lipinski definition) is 2. The number of aromatic nitrogens is 2. The van der Waals surface area contributed by atoms with Crippen LogP contribution >= 0.6 is 15.9 Å². The third-order valence-corrected chi connectivity index (χ3v) is 3.56. The van der Waals surface area contributed by atoms with Crippen LogP contribution in [-0.2, 0) is 6.54 Å². The summed E-state index contributed by atoms with van der Waals surface area (Å²) < 4.78 is 2.92. The maximum atomic E-state index is 9.39. The molecular weight excluding hydrogens is 270 g/mol. The molecule has 0 aliphatic carbocycles. The van der Waals surface area contributed by atoms with Crippen LogP contribution < -0.4 is 5.32 Å². The van der Waals surface area contributed by atoms with Crippen molar-refractivity contribution in [1.29, 1.82) is 0 Å². The molecule has 0 aliphatic heterocycles. The zero-order chi connectivity index (χ0) is 12.0. The van der Waals surface area contributed by atoms with Crippen LogP contribution in [0.3, 0.4) is 0 Å². The lowest BCUT2D eigenvalue weighted by Crippen LogP contribution is -2.46. The van der Waals surface area contributed by atoms with E-state index in [1.807, 2.05) is 17.9 Å². The highest BCUT2D eigenvalue weighted by Crippen LogP contribution is 2.17. The van der Waals surface area contributed by atoms with Crippen molar-refractivity contribution in [2.24, 2.45) is 0 Å². The Balaban J connectivity index is 2.39. The molecule has 0 spiro atoms. The fraction of sp³-hybridized carbons (Fsp3) is 0.727. The molecule has 0 aliphatic rings. The van der Waals surface area contributed by atoms with E-state index in [0.29, 0.717) is 0 Å². The normalized spacial score (nSPS) is 15.0. The second kappa shape index (κ2) is 6.37. The van der Waals surface area contributed by atoms with Gasteiger partial charge in [0.25, 0.3) is 0 Å². The minimum atomic E-state index is -0.135. The van der Waals surface area contributed by atoms with E-state index in [2.05, 4.69) is 33.3 Å². The van der Waals surface area contributed by atoms with Gasteiger partial charge >= 0.3 is 0 Å². The van der Waals surface area contributed by atoms with E-state index in [1.54, 1.807) is 6.20 Å². The van der Waals surface area contributed by atoms with Crippen LogP contribution in [0.2, 0.25) is 0 Å². The van der Waals surface area contributed by atoms with Gasteiger partial charge in [0.05, 0.1) is 17.3 Å². The average Bonchev–Trinajstić information content (AvgIpc) is 2.71. The van der Waals surface area contributed by atoms with Crippen molar-refractivity contribution in [2.45, 2.75) is 38.3 Å². The van der Waals surface area contributed by atoms with Crippen molar-refractivity contribution >= 4 is 15.9 Å². The van der Waals surface area contributed by atoms with Crippen molar-refractivity contribution in [1.82, 2.24) is 15.1 Å². The molecule has 5 heteroatoms. The first-order valence-electron chi connectivity index (χ1n) is 5.63. The van der Waals surface area contributed by atoms with Crippen molar-refractivity contribution in [3.05, 3.63) is 16.9 Å². The summed E-state index contributed by atoms with van der Waals surface area (Å²) in [7, 11) is 1.91. The van der Waals surface area contributed by atoms with Crippen molar-refractivity contribution < 1.29 is 5.11 Å². The minimum Gasteiger partial charge on any atom is -0.394 e. The number of aliphatic hydroxyl groups excluding tert-OH is 1. The molecule has 4 nitrogen and oxygen atoms in total. The van der Waals surface area contributed by atoms with Gasteiger partial charge in [-0.3, -0.25) is 4.68 Å². The second-order valence-corrected chi connectivity index (χ2v) is 4.98. The summed E-state index contributed by atoms with van der Waals surface area (Å²) >= 11 is 3.37. The fourth-order valence-corrected chi connectivity index (χ4v) is 2.12. The first kappa shape index (κ1) is 13.7. The van der Waals surface area contributed by atoms with Crippen LogP contribution in [0, 0.1) is 0 Å². The Morgan fingerprint density at radius 2 is 2.38 bits per heavy atom. The van der Waals surface area contributed by atoms with Crippen LogP contribution in [0.4, 0.5) is 0 Å². The van der Waals surface area contributed by atoms with E-state index < -0.39 is 0 Å². The molecule has 92 valence electrons. The van der Waals surface area contributed by atoms with Gasteiger partial charge in [0.15, 0.2) is 0 Å². The Kier molecular flexibility index (Phi) is 5.44. The summed E-state index contributed by atoms with van der Waals surface area (Å²) in [5, 5.41) is 16.8. The molecule has 0 bridgehead atoms. The van der Waals surface area contributed by atoms with Crippen molar-refractivity contribution in [3.63, 3.8) is 0 Å². The number of nitrogens with zero attached hydrogens (tertiary/aromatic N) is 2. The third-order valence-electron chi connectivity index (χ3n) is 3.15. The zero-order valence-corrected chi connectivity index (χ0v) is 11.5.